The number of aliphatic hydroxyl groups excluding tert-OH is 1. The second-order valence-corrected chi connectivity index (χ2v) is 16.1. The van der Waals surface area contributed by atoms with E-state index in [4.69, 9.17) is 4.74 Å². The Labute approximate surface area is 253 Å². The fraction of sp³-hybridized carbons (Fsp3) is 0.714. The molecule has 43 heavy (non-hydrogen) atoms. The molecule has 2 N–H and O–H groups in total. The van der Waals surface area contributed by atoms with Crippen LogP contribution in [0.5, 0.6) is 0 Å². The van der Waals surface area contributed by atoms with E-state index in [9.17, 15) is 19.8 Å². The van der Waals surface area contributed by atoms with Crippen LogP contribution >= 0.6 is 0 Å². The van der Waals surface area contributed by atoms with Crippen LogP contribution in [-0.2, 0) is 15.8 Å². The molecule has 4 heterocycles. The highest BCUT2D eigenvalue weighted by Crippen LogP contribution is 2.76. The predicted octanol–water partition coefficient (Wildman–Crippen LogP) is 4.33. The average Bonchev–Trinajstić information content (AvgIpc) is 3.62. The van der Waals surface area contributed by atoms with Crippen LogP contribution < -0.4 is 11.4 Å². The van der Waals surface area contributed by atoms with Gasteiger partial charge in [-0.2, -0.15) is 0 Å². The maximum Gasteiger partial charge on any atom is 0.352 e. The molecule has 7 aliphatic rings. The molecule has 4 fully saturated rings. The molecule has 1 aromatic carbocycles. The van der Waals surface area contributed by atoms with E-state index < -0.39 is 28.2 Å². The molecule has 0 radical (unpaired) electrons. The number of benzene rings is 1. The van der Waals surface area contributed by atoms with Gasteiger partial charge < -0.3 is 14.9 Å². The zero-order chi connectivity index (χ0) is 30.3. The predicted molar refractivity (Wildman–Crippen MR) is 163 cm³/mol. The molecule has 2 bridgehead atoms. The first-order valence-electron chi connectivity index (χ1n) is 16.6. The normalized spacial score (nSPS) is 44.3. The van der Waals surface area contributed by atoms with E-state index in [2.05, 4.69) is 32.9 Å². The van der Waals surface area contributed by atoms with Crippen molar-refractivity contribution in [1.29, 1.82) is 0 Å². The van der Waals surface area contributed by atoms with Crippen LogP contribution in [0, 0.1) is 34.5 Å². The molecular formula is C35H47N3O5. The lowest BCUT2D eigenvalue weighted by Crippen LogP contribution is -2.78. The molecule has 2 spiro atoms. The number of allylic oxidation sites excluding steroid dienone is 2. The lowest BCUT2D eigenvalue weighted by atomic mass is 9.40. The standard InChI is InChI=1S/C35H47N3O5/c1-21(10-9-16-31(2,3)42)23-13-14-25-32(23,4)17-15-26-33(5)28-27(43-28)24(39)20-34(33)18-19-35(25,26)38-30(41)36(29(40)37(34)38)22-11-7-6-8-12-22/h6-8,11-12,18-19,21,23-28,39,42H,9-10,13-17,20H2,1-5H3/t21-,23-,24-,25-,26-,27+,28+,32-,33+,34-,35+/m1/s1. The van der Waals surface area contributed by atoms with Crippen molar-refractivity contribution in [2.45, 2.75) is 121 Å². The van der Waals surface area contributed by atoms with Gasteiger partial charge in [-0.3, -0.25) is 0 Å². The highest BCUT2D eigenvalue weighted by molar-refractivity contribution is 5.40. The topological polar surface area (TPSA) is 102 Å². The van der Waals surface area contributed by atoms with Crippen molar-refractivity contribution < 1.29 is 14.9 Å². The van der Waals surface area contributed by atoms with Crippen molar-refractivity contribution in [3.8, 4) is 5.69 Å². The summed E-state index contributed by atoms with van der Waals surface area (Å²) in [5.41, 5.74) is -2.54. The van der Waals surface area contributed by atoms with Crippen LogP contribution in [0.3, 0.4) is 0 Å². The number of hydrogen-bond donors (Lipinski definition) is 2. The molecule has 8 heteroatoms. The lowest BCUT2D eigenvalue weighted by molar-refractivity contribution is -0.194. The monoisotopic (exact) mass is 589 g/mol. The third-order valence-corrected chi connectivity index (χ3v) is 13.6. The van der Waals surface area contributed by atoms with Crippen LogP contribution in [0.4, 0.5) is 0 Å². The van der Waals surface area contributed by atoms with Crippen molar-refractivity contribution in [2.75, 3.05) is 0 Å². The van der Waals surface area contributed by atoms with Gasteiger partial charge in [-0.25, -0.2) is 23.5 Å². The van der Waals surface area contributed by atoms with Crippen LogP contribution in [0.1, 0.15) is 86.0 Å². The summed E-state index contributed by atoms with van der Waals surface area (Å²) in [5, 5.41) is 21.5. The minimum Gasteiger partial charge on any atom is -0.390 e. The summed E-state index contributed by atoms with van der Waals surface area (Å²) in [6.07, 6.45) is 10.9. The number of epoxide rings is 1. The SMILES string of the molecule is C[C@H](CCCC(C)(C)O)[C@H]1CC[C@@H]2[C@]1(C)CC[C@H]1[C@]23C=C[C@]2(C[C@@H](O)[C@@H]4O[C@@H]4[C@]12C)n1c(=O)n(-c2ccccc2)c(=O)n13. The van der Waals surface area contributed by atoms with Gasteiger partial charge in [0.05, 0.1) is 34.6 Å². The number of nitrogens with zero attached hydrogens (tertiary/aromatic N) is 3. The first-order valence-corrected chi connectivity index (χ1v) is 16.6. The van der Waals surface area contributed by atoms with Crippen molar-refractivity contribution in [3.05, 3.63) is 63.5 Å². The van der Waals surface area contributed by atoms with Gasteiger partial charge in [0, 0.05) is 11.8 Å². The van der Waals surface area contributed by atoms with Crippen LogP contribution in [0.2, 0.25) is 0 Å². The van der Waals surface area contributed by atoms with E-state index in [0.717, 1.165) is 44.9 Å². The number of aliphatic hydroxyl groups is 2. The Hall–Kier alpha value is -2.42. The Morgan fingerprint density at radius 3 is 2.47 bits per heavy atom. The molecule has 8 nitrogen and oxygen atoms in total. The maximum absolute atomic E-state index is 14.7. The van der Waals surface area contributed by atoms with Gasteiger partial charge in [0.2, 0.25) is 0 Å². The highest BCUT2D eigenvalue weighted by Gasteiger charge is 2.81. The Morgan fingerprint density at radius 2 is 1.74 bits per heavy atom. The van der Waals surface area contributed by atoms with E-state index in [-0.39, 0.29) is 40.8 Å². The minimum absolute atomic E-state index is 0.00977. The van der Waals surface area contributed by atoms with Crippen LogP contribution in [0.15, 0.2) is 52.1 Å². The molecule has 2 aromatic rings. The fourth-order valence-electron chi connectivity index (χ4n) is 11.8. The second-order valence-electron chi connectivity index (χ2n) is 16.1. The van der Waals surface area contributed by atoms with Crippen molar-refractivity contribution in [2.24, 2.45) is 34.5 Å². The Bertz CT molecular complexity index is 1620. The molecule has 1 saturated heterocycles. The van der Waals surface area contributed by atoms with Crippen LogP contribution in [0.25, 0.3) is 5.69 Å². The van der Waals surface area contributed by atoms with Gasteiger partial charge >= 0.3 is 11.4 Å². The van der Waals surface area contributed by atoms with E-state index in [0.29, 0.717) is 23.9 Å². The summed E-state index contributed by atoms with van der Waals surface area (Å²) < 4.78 is 11.3. The zero-order valence-electron chi connectivity index (χ0n) is 26.2. The smallest absolute Gasteiger partial charge is 0.352 e. The van der Waals surface area contributed by atoms with Crippen LogP contribution in [-0.4, -0.2) is 48.1 Å². The largest absolute Gasteiger partial charge is 0.390 e. The zero-order valence-corrected chi connectivity index (χ0v) is 26.2. The second kappa shape index (κ2) is 8.64. The van der Waals surface area contributed by atoms with E-state index in [1.54, 1.807) is 4.68 Å². The highest BCUT2D eigenvalue weighted by atomic mass is 16.6. The molecule has 11 atom stereocenters. The Morgan fingerprint density at radius 1 is 1.02 bits per heavy atom. The van der Waals surface area contributed by atoms with Gasteiger partial charge in [0.1, 0.15) is 6.10 Å². The van der Waals surface area contributed by atoms with E-state index in [1.165, 1.54) is 4.57 Å². The number of hydrogen-bond acceptors (Lipinski definition) is 5. The summed E-state index contributed by atoms with van der Waals surface area (Å²) in [4.78, 5) is 29.3. The van der Waals surface area contributed by atoms with Gasteiger partial charge in [0.25, 0.3) is 0 Å². The molecule has 232 valence electrons. The fourth-order valence-corrected chi connectivity index (χ4v) is 11.8. The number of para-hydroxylation sites is 1. The summed E-state index contributed by atoms with van der Waals surface area (Å²) >= 11 is 0. The molecule has 9 rings (SSSR count). The quantitative estimate of drug-likeness (QED) is 0.386. The molecule has 3 aliphatic heterocycles. The van der Waals surface area contributed by atoms with E-state index in [1.807, 2.05) is 48.9 Å². The summed E-state index contributed by atoms with van der Waals surface area (Å²) in [6, 6.07) is 9.29. The van der Waals surface area contributed by atoms with E-state index >= 15 is 0 Å². The number of rotatable bonds is 6. The first kappa shape index (κ1) is 28.1. The number of ether oxygens (including phenoxy) is 1. The lowest BCUT2D eigenvalue weighted by Gasteiger charge is -2.70. The van der Waals surface area contributed by atoms with Gasteiger partial charge in [-0.15, -0.1) is 0 Å². The third kappa shape index (κ3) is 3.28. The first-order chi connectivity index (χ1) is 20.3. The summed E-state index contributed by atoms with van der Waals surface area (Å²) in [6.45, 7) is 10.9. The number of fused-ring (bicyclic) bond motifs is 2. The average molecular weight is 590 g/mol. The van der Waals surface area contributed by atoms with Crippen molar-refractivity contribution in [1.82, 2.24) is 13.9 Å². The molecular weight excluding hydrogens is 542 g/mol. The summed E-state index contributed by atoms with van der Waals surface area (Å²) in [7, 11) is 0. The Balaban J connectivity index is 1.31. The van der Waals surface area contributed by atoms with Gasteiger partial charge in [-0.05, 0) is 87.2 Å². The molecule has 0 amide bonds. The van der Waals surface area contributed by atoms with Gasteiger partial charge in [-0.1, -0.05) is 64.0 Å². The molecule has 3 saturated carbocycles. The molecule has 1 aromatic heterocycles. The van der Waals surface area contributed by atoms with Gasteiger partial charge in [0.15, 0.2) is 0 Å². The summed E-state index contributed by atoms with van der Waals surface area (Å²) in [5.74, 6) is 1.34. The minimum atomic E-state index is -0.830. The molecule has 0 unspecified atom stereocenters. The number of aromatic nitrogens is 3. The Kier molecular flexibility index (Phi) is 5.64. The van der Waals surface area contributed by atoms with Crippen molar-refractivity contribution in [3.63, 3.8) is 0 Å². The molecule has 4 aliphatic carbocycles. The maximum atomic E-state index is 14.7. The van der Waals surface area contributed by atoms with Crippen molar-refractivity contribution >= 4 is 0 Å². The third-order valence-electron chi connectivity index (χ3n) is 13.6.